The number of thioether (sulfide) groups is 1. The summed E-state index contributed by atoms with van der Waals surface area (Å²) >= 11 is 4.14. The maximum Gasteiger partial charge on any atom is 0.328 e. The standard InChI is InChI=1S/C16H16BrNO6S/c1-8(15(20)24-4)18-14(19)12(25-16(18)21)7-9-5-10(17)13(23-3)11(6-9)22-2/h5-8H,1-4H3/b12-7+. The van der Waals surface area contributed by atoms with E-state index in [0.717, 1.165) is 16.7 Å². The molecule has 134 valence electrons. The largest absolute Gasteiger partial charge is 0.493 e. The lowest BCUT2D eigenvalue weighted by atomic mass is 10.1. The Morgan fingerprint density at radius 1 is 1.24 bits per heavy atom. The fraction of sp³-hybridized carbons (Fsp3) is 0.312. The summed E-state index contributed by atoms with van der Waals surface area (Å²) in [7, 11) is 4.22. The topological polar surface area (TPSA) is 82.1 Å². The molecule has 9 heteroatoms. The second-order valence-corrected chi connectivity index (χ2v) is 6.84. The van der Waals surface area contributed by atoms with Gasteiger partial charge in [-0.2, -0.15) is 0 Å². The Balaban J connectivity index is 2.37. The van der Waals surface area contributed by atoms with E-state index in [9.17, 15) is 14.4 Å². The van der Waals surface area contributed by atoms with Gasteiger partial charge < -0.3 is 14.2 Å². The monoisotopic (exact) mass is 429 g/mol. The number of carbonyl (C=O) groups is 3. The van der Waals surface area contributed by atoms with Crippen LogP contribution < -0.4 is 9.47 Å². The Bertz CT molecular complexity index is 763. The van der Waals surface area contributed by atoms with Crippen LogP contribution in [-0.4, -0.2) is 49.4 Å². The molecular weight excluding hydrogens is 414 g/mol. The molecule has 1 aliphatic rings. The molecule has 1 heterocycles. The molecule has 1 aliphatic heterocycles. The minimum atomic E-state index is -0.986. The quantitative estimate of drug-likeness (QED) is 0.525. The lowest BCUT2D eigenvalue weighted by molar-refractivity contribution is -0.148. The summed E-state index contributed by atoms with van der Waals surface area (Å²) in [5, 5.41) is -0.520. The minimum absolute atomic E-state index is 0.208. The van der Waals surface area contributed by atoms with E-state index < -0.39 is 23.2 Å². The van der Waals surface area contributed by atoms with Crippen LogP contribution in [0.5, 0.6) is 11.5 Å². The molecule has 7 nitrogen and oxygen atoms in total. The van der Waals surface area contributed by atoms with Gasteiger partial charge in [0.05, 0.1) is 30.7 Å². The first-order valence-corrected chi connectivity index (χ1v) is 8.71. The Hall–Kier alpha value is -2.00. The third-order valence-electron chi connectivity index (χ3n) is 3.51. The van der Waals surface area contributed by atoms with Crippen LogP contribution in [0.1, 0.15) is 12.5 Å². The highest BCUT2D eigenvalue weighted by Gasteiger charge is 2.41. The molecule has 0 bridgehead atoms. The number of esters is 1. The van der Waals surface area contributed by atoms with Gasteiger partial charge in [-0.3, -0.25) is 14.5 Å². The Morgan fingerprint density at radius 3 is 2.48 bits per heavy atom. The Kier molecular flexibility index (Phi) is 6.12. The fourth-order valence-electron chi connectivity index (χ4n) is 2.26. The second kappa shape index (κ2) is 7.92. The molecule has 0 spiro atoms. The number of carbonyl (C=O) groups excluding carboxylic acids is 3. The van der Waals surface area contributed by atoms with E-state index in [1.165, 1.54) is 28.3 Å². The van der Waals surface area contributed by atoms with Crippen LogP contribution in [0.25, 0.3) is 6.08 Å². The molecule has 1 unspecified atom stereocenters. The molecule has 0 saturated carbocycles. The lowest BCUT2D eigenvalue weighted by Gasteiger charge is -2.18. The Labute approximate surface area is 157 Å². The summed E-state index contributed by atoms with van der Waals surface area (Å²) in [6.07, 6.45) is 1.56. The summed E-state index contributed by atoms with van der Waals surface area (Å²) in [5.41, 5.74) is 0.640. The van der Waals surface area contributed by atoms with Crippen molar-refractivity contribution in [3.05, 3.63) is 27.1 Å². The molecule has 1 saturated heterocycles. The summed E-state index contributed by atoms with van der Waals surface area (Å²) in [4.78, 5) is 37.3. The van der Waals surface area contributed by atoms with Crippen molar-refractivity contribution >= 4 is 50.9 Å². The van der Waals surface area contributed by atoms with Gasteiger partial charge >= 0.3 is 5.97 Å². The van der Waals surface area contributed by atoms with Crippen LogP contribution in [-0.2, 0) is 14.3 Å². The van der Waals surface area contributed by atoms with E-state index in [1.807, 2.05) is 0 Å². The zero-order chi connectivity index (χ0) is 18.7. The number of methoxy groups -OCH3 is 3. The van der Waals surface area contributed by atoms with Crippen molar-refractivity contribution in [1.29, 1.82) is 0 Å². The van der Waals surface area contributed by atoms with Crippen LogP contribution in [0.15, 0.2) is 21.5 Å². The van der Waals surface area contributed by atoms with Gasteiger partial charge in [-0.15, -0.1) is 0 Å². The number of imide groups is 1. The highest BCUT2D eigenvalue weighted by Crippen LogP contribution is 2.39. The van der Waals surface area contributed by atoms with Crippen molar-refractivity contribution in [1.82, 2.24) is 4.90 Å². The number of halogens is 1. The summed E-state index contributed by atoms with van der Waals surface area (Å²) in [6, 6.07) is 2.43. The third kappa shape index (κ3) is 3.82. The average Bonchev–Trinajstić information content (AvgIpc) is 2.86. The van der Waals surface area contributed by atoms with E-state index in [1.54, 1.807) is 18.2 Å². The van der Waals surface area contributed by atoms with E-state index in [2.05, 4.69) is 20.7 Å². The zero-order valence-electron chi connectivity index (χ0n) is 14.0. The molecule has 25 heavy (non-hydrogen) atoms. The first-order chi connectivity index (χ1) is 11.8. The van der Waals surface area contributed by atoms with Gasteiger partial charge in [-0.05, 0) is 58.4 Å². The van der Waals surface area contributed by atoms with Crippen LogP contribution in [0.3, 0.4) is 0 Å². The Morgan fingerprint density at radius 2 is 1.92 bits per heavy atom. The highest BCUT2D eigenvalue weighted by atomic mass is 79.9. The fourth-order valence-corrected chi connectivity index (χ4v) is 3.79. The molecule has 1 fully saturated rings. The van der Waals surface area contributed by atoms with Gasteiger partial charge in [-0.1, -0.05) is 0 Å². The third-order valence-corrected chi connectivity index (χ3v) is 4.98. The smallest absolute Gasteiger partial charge is 0.328 e. The van der Waals surface area contributed by atoms with Crippen LogP contribution in [0.4, 0.5) is 4.79 Å². The highest BCUT2D eigenvalue weighted by molar-refractivity contribution is 9.10. The predicted octanol–water partition coefficient (Wildman–Crippen LogP) is 3.06. The van der Waals surface area contributed by atoms with Gasteiger partial charge in [0.1, 0.15) is 6.04 Å². The number of nitrogens with zero attached hydrogens (tertiary/aromatic N) is 1. The van der Waals surface area contributed by atoms with Gasteiger partial charge in [0.15, 0.2) is 11.5 Å². The number of amides is 2. The number of rotatable bonds is 5. The zero-order valence-corrected chi connectivity index (χ0v) is 16.4. The number of hydrogen-bond acceptors (Lipinski definition) is 7. The lowest BCUT2D eigenvalue weighted by Crippen LogP contribution is -2.42. The molecule has 0 N–H and O–H groups in total. The normalized spacial score (nSPS) is 17.0. The molecule has 2 rings (SSSR count). The molecule has 1 aromatic carbocycles. The molecule has 0 radical (unpaired) electrons. The number of benzene rings is 1. The van der Waals surface area contributed by atoms with Gasteiger partial charge in [0, 0.05) is 0 Å². The van der Waals surface area contributed by atoms with Gasteiger partial charge in [-0.25, -0.2) is 4.79 Å². The first-order valence-electron chi connectivity index (χ1n) is 7.10. The van der Waals surface area contributed by atoms with Crippen LogP contribution in [0, 0.1) is 0 Å². The summed E-state index contributed by atoms with van der Waals surface area (Å²) < 4.78 is 15.7. The summed E-state index contributed by atoms with van der Waals surface area (Å²) in [6.45, 7) is 1.44. The van der Waals surface area contributed by atoms with E-state index in [4.69, 9.17) is 9.47 Å². The summed E-state index contributed by atoms with van der Waals surface area (Å²) in [5.74, 6) is -0.200. The molecule has 0 aromatic heterocycles. The molecule has 1 atom stereocenters. The molecule has 2 amide bonds. The van der Waals surface area contributed by atoms with Crippen LogP contribution in [0.2, 0.25) is 0 Å². The average molecular weight is 430 g/mol. The molecule has 1 aromatic rings. The maximum atomic E-state index is 12.5. The predicted molar refractivity (Wildman–Crippen MR) is 96.5 cm³/mol. The van der Waals surface area contributed by atoms with E-state index in [0.29, 0.717) is 21.5 Å². The van der Waals surface area contributed by atoms with Gasteiger partial charge in [0.2, 0.25) is 0 Å². The van der Waals surface area contributed by atoms with Crippen molar-refractivity contribution in [2.24, 2.45) is 0 Å². The van der Waals surface area contributed by atoms with E-state index >= 15 is 0 Å². The second-order valence-electron chi connectivity index (χ2n) is 4.99. The molecule has 0 aliphatic carbocycles. The van der Waals surface area contributed by atoms with Gasteiger partial charge in [0.25, 0.3) is 11.1 Å². The maximum absolute atomic E-state index is 12.5. The van der Waals surface area contributed by atoms with Crippen molar-refractivity contribution in [2.45, 2.75) is 13.0 Å². The van der Waals surface area contributed by atoms with E-state index in [-0.39, 0.29) is 4.91 Å². The number of ether oxygens (including phenoxy) is 3. The first kappa shape index (κ1) is 19.3. The van der Waals surface area contributed by atoms with Crippen LogP contribution >= 0.6 is 27.7 Å². The van der Waals surface area contributed by atoms with Crippen molar-refractivity contribution in [3.8, 4) is 11.5 Å². The van der Waals surface area contributed by atoms with Crippen molar-refractivity contribution < 1.29 is 28.6 Å². The number of hydrogen-bond donors (Lipinski definition) is 0. The SMILES string of the molecule is COC(=O)C(C)N1C(=O)S/C(=C/c2cc(Br)c(OC)c(OC)c2)C1=O. The minimum Gasteiger partial charge on any atom is -0.493 e. The van der Waals surface area contributed by atoms with Crippen molar-refractivity contribution in [2.75, 3.05) is 21.3 Å². The van der Waals surface area contributed by atoms with Crippen molar-refractivity contribution in [3.63, 3.8) is 0 Å². The molecular formula is C16H16BrNO6S.